The van der Waals surface area contributed by atoms with Crippen molar-refractivity contribution in [1.29, 1.82) is 0 Å². The molecular weight excluding hydrogens is 221 g/mol. The molecule has 1 rings (SSSR count). The van der Waals surface area contributed by atoms with Crippen molar-refractivity contribution < 1.29 is 17.9 Å². The summed E-state index contributed by atoms with van der Waals surface area (Å²) in [5.41, 5.74) is 2.57. The van der Waals surface area contributed by atoms with Crippen LogP contribution in [0.1, 0.15) is 32.6 Å². The first-order chi connectivity index (χ1) is 7.44. The van der Waals surface area contributed by atoms with Crippen molar-refractivity contribution >= 4 is 0 Å². The van der Waals surface area contributed by atoms with Gasteiger partial charge in [0.05, 0.1) is 6.10 Å². The van der Waals surface area contributed by atoms with Crippen LogP contribution in [0.2, 0.25) is 0 Å². The van der Waals surface area contributed by atoms with Crippen LogP contribution < -0.4 is 11.3 Å². The molecule has 0 spiro atoms. The molecule has 0 bridgehead atoms. The topological polar surface area (TPSA) is 47.3 Å². The lowest BCUT2D eigenvalue weighted by Gasteiger charge is -2.25. The molecular formula is C10H19F3N2O. The average Bonchev–Trinajstić information content (AvgIpc) is 2.58. The van der Waals surface area contributed by atoms with Gasteiger partial charge in [0.1, 0.15) is 0 Å². The highest BCUT2D eigenvalue weighted by Crippen LogP contribution is 2.27. The van der Waals surface area contributed by atoms with E-state index >= 15 is 0 Å². The summed E-state index contributed by atoms with van der Waals surface area (Å²) in [6.45, 7) is 2.70. The summed E-state index contributed by atoms with van der Waals surface area (Å²) in [4.78, 5) is 0. The van der Waals surface area contributed by atoms with Crippen LogP contribution in [0.5, 0.6) is 0 Å². The van der Waals surface area contributed by atoms with Gasteiger partial charge in [-0.2, -0.15) is 13.2 Å². The maximum atomic E-state index is 12.0. The predicted octanol–water partition coefficient (Wildman–Crippen LogP) is 1.98. The molecule has 0 saturated carbocycles. The van der Waals surface area contributed by atoms with E-state index in [1.54, 1.807) is 0 Å². The Hall–Kier alpha value is -0.330. The molecule has 0 amide bonds. The minimum absolute atomic E-state index is 0.0572. The smallest absolute Gasteiger partial charge is 0.376 e. The Bertz CT molecular complexity index is 211. The first-order valence-corrected chi connectivity index (χ1v) is 5.58. The molecule has 1 saturated heterocycles. The van der Waals surface area contributed by atoms with Crippen LogP contribution in [0.3, 0.4) is 0 Å². The number of ether oxygens (including phenoxy) is 1. The van der Waals surface area contributed by atoms with Gasteiger partial charge in [0.25, 0.3) is 0 Å². The average molecular weight is 240 g/mol. The SMILES string of the molecule is CC1CCOC1C(CCCC(F)(F)F)NN. The van der Waals surface area contributed by atoms with Crippen LogP contribution in [0.4, 0.5) is 13.2 Å². The number of nitrogens with one attached hydrogen (secondary N) is 1. The second-order valence-electron chi connectivity index (χ2n) is 4.38. The van der Waals surface area contributed by atoms with E-state index in [2.05, 4.69) is 5.43 Å². The molecule has 16 heavy (non-hydrogen) atoms. The van der Waals surface area contributed by atoms with Crippen LogP contribution in [-0.2, 0) is 4.74 Å². The molecule has 0 radical (unpaired) electrons. The van der Waals surface area contributed by atoms with Gasteiger partial charge < -0.3 is 4.74 Å². The number of hydrazine groups is 1. The van der Waals surface area contributed by atoms with Gasteiger partial charge in [-0.15, -0.1) is 0 Å². The van der Waals surface area contributed by atoms with Crippen molar-refractivity contribution in [2.75, 3.05) is 6.61 Å². The molecule has 3 unspecified atom stereocenters. The van der Waals surface area contributed by atoms with E-state index in [-0.39, 0.29) is 18.6 Å². The van der Waals surface area contributed by atoms with Gasteiger partial charge in [0.2, 0.25) is 0 Å². The first-order valence-electron chi connectivity index (χ1n) is 5.58. The molecule has 3 nitrogen and oxygen atoms in total. The molecule has 1 fully saturated rings. The van der Waals surface area contributed by atoms with Crippen molar-refractivity contribution in [1.82, 2.24) is 5.43 Å². The van der Waals surface area contributed by atoms with Crippen molar-refractivity contribution in [3.8, 4) is 0 Å². The van der Waals surface area contributed by atoms with E-state index in [0.29, 0.717) is 18.9 Å². The lowest BCUT2D eigenvalue weighted by molar-refractivity contribution is -0.136. The molecule has 6 heteroatoms. The largest absolute Gasteiger partial charge is 0.389 e. The van der Waals surface area contributed by atoms with Crippen LogP contribution in [0, 0.1) is 5.92 Å². The standard InChI is InChI=1S/C10H19F3N2O/c1-7-4-6-16-9(7)8(15-14)3-2-5-10(11,12)13/h7-9,15H,2-6,14H2,1H3. The van der Waals surface area contributed by atoms with Crippen LogP contribution in [0.15, 0.2) is 0 Å². The van der Waals surface area contributed by atoms with Crippen LogP contribution >= 0.6 is 0 Å². The zero-order valence-electron chi connectivity index (χ0n) is 9.39. The number of halogens is 3. The fraction of sp³-hybridized carbons (Fsp3) is 1.00. The second-order valence-corrected chi connectivity index (χ2v) is 4.38. The Labute approximate surface area is 93.5 Å². The van der Waals surface area contributed by atoms with Gasteiger partial charge in [-0.05, 0) is 25.2 Å². The minimum Gasteiger partial charge on any atom is -0.376 e. The normalized spacial score (nSPS) is 28.3. The highest BCUT2D eigenvalue weighted by molar-refractivity contribution is 4.83. The molecule has 1 aliphatic rings. The van der Waals surface area contributed by atoms with Crippen molar-refractivity contribution in [3.05, 3.63) is 0 Å². The zero-order chi connectivity index (χ0) is 12.2. The van der Waals surface area contributed by atoms with E-state index in [4.69, 9.17) is 10.6 Å². The molecule has 1 heterocycles. The molecule has 0 aromatic carbocycles. The Balaban J connectivity index is 2.31. The van der Waals surface area contributed by atoms with Gasteiger partial charge in [0, 0.05) is 19.1 Å². The quantitative estimate of drug-likeness (QED) is 0.570. The molecule has 0 aliphatic carbocycles. The van der Waals surface area contributed by atoms with Gasteiger partial charge in [-0.25, -0.2) is 0 Å². The highest BCUT2D eigenvalue weighted by Gasteiger charge is 2.32. The number of nitrogens with two attached hydrogens (primary N) is 1. The summed E-state index contributed by atoms with van der Waals surface area (Å²) in [6.07, 6.45) is -3.47. The van der Waals surface area contributed by atoms with Crippen LogP contribution in [-0.4, -0.2) is 24.9 Å². The van der Waals surface area contributed by atoms with Gasteiger partial charge in [-0.1, -0.05) is 6.92 Å². The van der Waals surface area contributed by atoms with Crippen LogP contribution in [0.25, 0.3) is 0 Å². The monoisotopic (exact) mass is 240 g/mol. The van der Waals surface area contributed by atoms with E-state index < -0.39 is 12.6 Å². The summed E-state index contributed by atoms with van der Waals surface area (Å²) in [5.74, 6) is 5.71. The van der Waals surface area contributed by atoms with Gasteiger partial charge >= 0.3 is 6.18 Å². The molecule has 0 aromatic rings. The zero-order valence-corrected chi connectivity index (χ0v) is 9.39. The Morgan fingerprint density at radius 3 is 2.62 bits per heavy atom. The summed E-state index contributed by atoms with van der Waals surface area (Å²) >= 11 is 0. The molecule has 1 aliphatic heterocycles. The summed E-state index contributed by atoms with van der Waals surface area (Å²) in [7, 11) is 0. The Morgan fingerprint density at radius 1 is 1.50 bits per heavy atom. The summed E-state index contributed by atoms with van der Waals surface area (Å²) < 4.78 is 41.4. The van der Waals surface area contributed by atoms with E-state index in [1.165, 1.54) is 0 Å². The first kappa shape index (κ1) is 13.7. The number of alkyl halides is 3. The van der Waals surface area contributed by atoms with Crippen molar-refractivity contribution in [2.24, 2.45) is 11.8 Å². The highest BCUT2D eigenvalue weighted by atomic mass is 19.4. The fourth-order valence-corrected chi connectivity index (χ4v) is 2.10. The third-order valence-corrected chi connectivity index (χ3v) is 3.03. The van der Waals surface area contributed by atoms with E-state index in [1.807, 2.05) is 6.92 Å². The third kappa shape index (κ3) is 4.27. The minimum atomic E-state index is -4.08. The maximum absolute atomic E-state index is 12.0. The van der Waals surface area contributed by atoms with Gasteiger partial charge in [-0.3, -0.25) is 11.3 Å². The number of hydrogen-bond acceptors (Lipinski definition) is 3. The van der Waals surface area contributed by atoms with E-state index in [9.17, 15) is 13.2 Å². The molecule has 96 valence electrons. The molecule has 3 N–H and O–H groups in total. The molecule has 0 aromatic heterocycles. The third-order valence-electron chi connectivity index (χ3n) is 3.03. The second kappa shape index (κ2) is 5.84. The lowest BCUT2D eigenvalue weighted by atomic mass is 9.94. The maximum Gasteiger partial charge on any atom is 0.389 e. The Morgan fingerprint density at radius 2 is 2.19 bits per heavy atom. The summed E-state index contributed by atoms with van der Waals surface area (Å²) in [5, 5.41) is 0. The summed E-state index contributed by atoms with van der Waals surface area (Å²) in [6, 6.07) is -0.181. The number of hydrogen-bond donors (Lipinski definition) is 2. The number of rotatable bonds is 5. The lowest BCUT2D eigenvalue weighted by Crippen LogP contribution is -2.45. The predicted molar refractivity (Wildman–Crippen MR) is 54.5 cm³/mol. The van der Waals surface area contributed by atoms with E-state index in [0.717, 1.165) is 6.42 Å². The molecule has 3 atom stereocenters. The van der Waals surface area contributed by atoms with Crippen molar-refractivity contribution in [2.45, 2.75) is 50.9 Å². The fourth-order valence-electron chi connectivity index (χ4n) is 2.10. The Kier molecular flexibility index (Phi) is 5.01. The van der Waals surface area contributed by atoms with Gasteiger partial charge in [0.15, 0.2) is 0 Å². The van der Waals surface area contributed by atoms with Crippen molar-refractivity contribution in [3.63, 3.8) is 0 Å².